The van der Waals surface area contributed by atoms with Crippen LogP contribution in [0.2, 0.25) is 0 Å². The van der Waals surface area contributed by atoms with Crippen LogP contribution in [0.15, 0.2) is 152 Å². The number of hydrogen-bond acceptors (Lipinski definition) is 1. The quantitative estimate of drug-likeness (QED) is 0.214. The topological polar surface area (TPSA) is 13.6 Å². The van der Waals surface area contributed by atoms with E-state index in [1.54, 1.807) is 0 Å². The zero-order valence-corrected chi connectivity index (χ0v) is 21.8. The summed E-state index contributed by atoms with van der Waals surface area (Å²) in [4.78, 5) is 3.50. The summed E-state index contributed by atoms with van der Waals surface area (Å²) in [6.07, 6.45) is 0. The number of fused-ring (bicyclic) bond motifs is 2. The molecule has 0 N–H and O–H groups in total. The van der Waals surface area contributed by atoms with Crippen LogP contribution >= 0.6 is 0 Å². The predicted octanol–water partition coefficient (Wildman–Crippen LogP) is 10.1. The molecule has 0 spiro atoms. The average Bonchev–Trinajstić information content (AvgIpc) is 3.04. The second-order valence-corrected chi connectivity index (χ2v) is 10.0. The highest BCUT2D eigenvalue weighted by molar-refractivity contribution is 5.75. The van der Waals surface area contributed by atoms with E-state index in [0.717, 1.165) is 44.9 Å². The van der Waals surface area contributed by atoms with Gasteiger partial charge in [0.2, 0.25) is 0 Å². The fraction of sp³-hybridized carbons (Fsp3) is 0.0263. The molecule has 1 aliphatic rings. The number of benzene rings is 6. The molecule has 0 fully saturated rings. The summed E-state index contributed by atoms with van der Waals surface area (Å²) >= 11 is 0. The van der Waals surface area contributed by atoms with Gasteiger partial charge in [0.05, 0.1) is 12.0 Å². The Bertz CT molecular complexity index is 1820. The molecule has 0 unspecified atom stereocenters. The van der Waals surface area contributed by atoms with Gasteiger partial charge in [-0.1, -0.05) is 133 Å². The van der Waals surface area contributed by atoms with Crippen LogP contribution in [-0.4, -0.2) is 0 Å². The highest BCUT2D eigenvalue weighted by Gasteiger charge is 2.45. The third-order valence-electron chi connectivity index (χ3n) is 7.85. The molecule has 6 aromatic carbocycles. The maximum Gasteiger partial charge on any atom is 0.187 e. The van der Waals surface area contributed by atoms with E-state index in [4.69, 9.17) is 11.3 Å². The highest BCUT2D eigenvalue weighted by atomic mass is 16.5. The van der Waals surface area contributed by atoms with Crippen LogP contribution in [0, 0.1) is 6.57 Å². The normalized spacial score (nSPS) is 12.9. The molecule has 188 valence electrons. The van der Waals surface area contributed by atoms with Gasteiger partial charge in [0.25, 0.3) is 0 Å². The minimum absolute atomic E-state index is 0.534. The smallest absolute Gasteiger partial charge is 0.187 e. The van der Waals surface area contributed by atoms with Crippen LogP contribution in [0.5, 0.6) is 11.5 Å². The van der Waals surface area contributed by atoms with Crippen LogP contribution < -0.4 is 4.74 Å². The number of ether oxygens (including phenoxy) is 1. The van der Waals surface area contributed by atoms with Crippen molar-refractivity contribution in [2.75, 3.05) is 0 Å². The number of nitrogens with zero attached hydrogens (tertiary/aromatic N) is 1. The second kappa shape index (κ2) is 9.73. The van der Waals surface area contributed by atoms with Crippen LogP contribution in [0.4, 0.5) is 5.69 Å². The highest BCUT2D eigenvalue weighted by Crippen LogP contribution is 2.55. The molecular formula is C38H25NO. The number of hydrogen-bond donors (Lipinski definition) is 0. The summed E-state index contributed by atoms with van der Waals surface area (Å²) in [7, 11) is 0. The van der Waals surface area contributed by atoms with Crippen molar-refractivity contribution in [3.63, 3.8) is 0 Å². The van der Waals surface area contributed by atoms with Gasteiger partial charge in [-0.05, 0) is 51.6 Å². The van der Waals surface area contributed by atoms with Crippen molar-refractivity contribution < 1.29 is 4.74 Å². The monoisotopic (exact) mass is 511 g/mol. The molecule has 0 saturated heterocycles. The van der Waals surface area contributed by atoms with Crippen molar-refractivity contribution >= 4 is 5.69 Å². The van der Waals surface area contributed by atoms with Crippen LogP contribution in [-0.2, 0) is 5.41 Å². The molecule has 0 saturated carbocycles. The van der Waals surface area contributed by atoms with Gasteiger partial charge in [0.1, 0.15) is 11.5 Å². The van der Waals surface area contributed by atoms with Gasteiger partial charge in [-0.3, -0.25) is 0 Å². The summed E-state index contributed by atoms with van der Waals surface area (Å²) in [6.45, 7) is 7.20. The Hall–Kier alpha value is -5.39. The summed E-state index contributed by atoms with van der Waals surface area (Å²) in [5.74, 6) is 1.76. The van der Waals surface area contributed by atoms with Gasteiger partial charge in [-0.2, -0.15) is 0 Å². The van der Waals surface area contributed by atoms with Gasteiger partial charge >= 0.3 is 0 Å². The summed E-state index contributed by atoms with van der Waals surface area (Å²) in [5.41, 5.74) is 9.32. The maximum atomic E-state index is 7.20. The Morgan fingerprint density at radius 1 is 0.450 bits per heavy atom. The molecule has 1 heterocycles. The second-order valence-electron chi connectivity index (χ2n) is 10.0. The van der Waals surface area contributed by atoms with Crippen molar-refractivity contribution in [1.82, 2.24) is 0 Å². The van der Waals surface area contributed by atoms with Crippen LogP contribution in [0.1, 0.15) is 22.3 Å². The van der Waals surface area contributed by atoms with Gasteiger partial charge in [-0.25, -0.2) is 4.85 Å². The average molecular weight is 512 g/mol. The molecule has 0 aliphatic carbocycles. The van der Waals surface area contributed by atoms with E-state index >= 15 is 0 Å². The van der Waals surface area contributed by atoms with E-state index in [-0.39, 0.29) is 0 Å². The summed E-state index contributed by atoms with van der Waals surface area (Å²) in [6, 6.07) is 52.9. The van der Waals surface area contributed by atoms with Crippen molar-refractivity contribution in [1.29, 1.82) is 0 Å². The molecule has 0 atom stereocenters. The summed E-state index contributed by atoms with van der Waals surface area (Å²) in [5, 5.41) is 0. The van der Waals surface area contributed by atoms with Crippen molar-refractivity contribution in [2.24, 2.45) is 0 Å². The fourth-order valence-corrected chi connectivity index (χ4v) is 5.99. The molecule has 0 amide bonds. The lowest BCUT2D eigenvalue weighted by Crippen LogP contribution is -2.34. The molecule has 1 aliphatic heterocycles. The van der Waals surface area contributed by atoms with Gasteiger partial charge in [-0.15, -0.1) is 0 Å². The van der Waals surface area contributed by atoms with E-state index in [2.05, 4.69) is 120 Å². The number of para-hydroxylation sites is 2. The Morgan fingerprint density at radius 2 is 0.950 bits per heavy atom. The zero-order valence-electron chi connectivity index (χ0n) is 21.8. The minimum Gasteiger partial charge on any atom is -0.457 e. The molecule has 7 rings (SSSR count). The Morgan fingerprint density at radius 3 is 1.55 bits per heavy atom. The molecule has 2 nitrogen and oxygen atoms in total. The Labute approximate surface area is 234 Å². The van der Waals surface area contributed by atoms with Gasteiger partial charge < -0.3 is 4.74 Å². The van der Waals surface area contributed by atoms with Crippen molar-refractivity contribution in [3.8, 4) is 33.8 Å². The first-order valence-electron chi connectivity index (χ1n) is 13.4. The minimum atomic E-state index is -0.534. The lowest BCUT2D eigenvalue weighted by molar-refractivity contribution is 0.434. The van der Waals surface area contributed by atoms with Crippen molar-refractivity contribution in [3.05, 3.63) is 185 Å². The van der Waals surface area contributed by atoms with E-state index in [1.807, 2.05) is 36.4 Å². The standard InChI is InChI=1S/C38H25NO/c1-39-33-24-22-28(23-25-33)27-18-20-29(21-19-27)30-10-9-13-32(26-30)38(31-11-3-2-4-12-31)34-14-5-7-16-36(34)40-37-17-8-6-15-35(37)38/h2-26H. The number of rotatable bonds is 4. The van der Waals surface area contributed by atoms with E-state index in [9.17, 15) is 0 Å². The first-order chi connectivity index (χ1) is 19.8. The van der Waals surface area contributed by atoms with Crippen LogP contribution in [0.3, 0.4) is 0 Å². The SMILES string of the molecule is [C-]#[N+]c1ccc(-c2ccc(-c3cccc(C4(c5ccccc5)c5ccccc5Oc5ccccc54)c3)cc2)cc1. The molecule has 0 bridgehead atoms. The Kier molecular flexibility index (Phi) is 5.77. The first-order valence-corrected chi connectivity index (χ1v) is 13.4. The lowest BCUT2D eigenvalue weighted by atomic mass is 9.63. The lowest BCUT2D eigenvalue weighted by Gasteiger charge is -2.41. The van der Waals surface area contributed by atoms with Crippen LogP contribution in [0.25, 0.3) is 27.1 Å². The third kappa shape index (κ3) is 3.80. The zero-order chi connectivity index (χ0) is 26.9. The fourth-order valence-electron chi connectivity index (χ4n) is 5.99. The largest absolute Gasteiger partial charge is 0.457 e. The summed E-state index contributed by atoms with van der Waals surface area (Å²) < 4.78 is 6.44. The van der Waals surface area contributed by atoms with Gasteiger partial charge in [0.15, 0.2) is 5.69 Å². The van der Waals surface area contributed by atoms with E-state index in [0.29, 0.717) is 5.69 Å². The van der Waals surface area contributed by atoms with E-state index < -0.39 is 5.41 Å². The molecule has 2 heteroatoms. The van der Waals surface area contributed by atoms with E-state index in [1.165, 1.54) is 11.1 Å². The maximum absolute atomic E-state index is 7.20. The third-order valence-corrected chi connectivity index (χ3v) is 7.85. The molecular weight excluding hydrogens is 486 g/mol. The molecule has 0 aromatic heterocycles. The van der Waals surface area contributed by atoms with Gasteiger partial charge in [0, 0.05) is 11.1 Å². The Balaban J connectivity index is 1.40. The first kappa shape index (κ1) is 23.7. The van der Waals surface area contributed by atoms with Crippen molar-refractivity contribution in [2.45, 2.75) is 5.41 Å². The molecule has 0 radical (unpaired) electrons. The predicted molar refractivity (Wildman–Crippen MR) is 162 cm³/mol. The molecule has 6 aromatic rings. The molecule has 40 heavy (non-hydrogen) atoms.